The minimum absolute atomic E-state index is 0.0540. The van der Waals surface area contributed by atoms with Gasteiger partial charge in [-0.05, 0) is 50.8 Å². The number of carbonyl (C=O) groups excluding carboxylic acids is 1. The predicted octanol–water partition coefficient (Wildman–Crippen LogP) is 4.06. The van der Waals surface area contributed by atoms with Gasteiger partial charge in [0.15, 0.2) is 0 Å². The fraction of sp³-hybridized carbons (Fsp3) is 0.409. The molecule has 5 nitrogen and oxygen atoms in total. The quantitative estimate of drug-likeness (QED) is 0.664. The van der Waals surface area contributed by atoms with Gasteiger partial charge >= 0.3 is 0 Å². The molecule has 146 valence electrons. The monoisotopic (exact) mass is 394 g/mol. The standard InChI is InChI=1S/C22H26N4OS/c1-14-16(15(2)26(3)25-14)12-13-23-21(27)17-8-4-5-9-18(17)22-24-19-10-6-7-11-20(19)28-22/h4-7,10-11,17-18H,8-9,12-13H2,1-3H3,(H,23,27). The average Bonchev–Trinajstić information content (AvgIpc) is 3.24. The molecule has 0 radical (unpaired) electrons. The zero-order chi connectivity index (χ0) is 19.7. The number of allylic oxidation sites excluding steroid dienone is 2. The Morgan fingerprint density at radius 1 is 1.25 bits per heavy atom. The van der Waals surface area contributed by atoms with Crippen molar-refractivity contribution < 1.29 is 4.79 Å². The van der Waals surface area contributed by atoms with E-state index in [1.807, 2.05) is 36.9 Å². The molecule has 2 atom stereocenters. The Balaban J connectivity index is 1.45. The third-order valence-corrected chi connectivity index (χ3v) is 6.90. The lowest BCUT2D eigenvalue weighted by atomic mass is 9.82. The summed E-state index contributed by atoms with van der Waals surface area (Å²) in [5.41, 5.74) is 4.47. The van der Waals surface area contributed by atoms with E-state index < -0.39 is 0 Å². The van der Waals surface area contributed by atoms with Crippen molar-refractivity contribution in [3.63, 3.8) is 0 Å². The summed E-state index contributed by atoms with van der Waals surface area (Å²) in [6.45, 7) is 4.74. The highest BCUT2D eigenvalue weighted by Gasteiger charge is 2.32. The Kier molecular flexibility index (Phi) is 5.31. The van der Waals surface area contributed by atoms with Gasteiger partial charge in [0.1, 0.15) is 0 Å². The number of amides is 1. The second-order valence-electron chi connectivity index (χ2n) is 7.49. The third kappa shape index (κ3) is 3.61. The van der Waals surface area contributed by atoms with Crippen molar-refractivity contribution in [2.45, 2.75) is 39.0 Å². The lowest BCUT2D eigenvalue weighted by Crippen LogP contribution is -2.36. The zero-order valence-electron chi connectivity index (χ0n) is 16.6. The molecular weight excluding hydrogens is 368 g/mol. The Labute approximate surface area is 169 Å². The van der Waals surface area contributed by atoms with Gasteiger partial charge in [-0.2, -0.15) is 5.10 Å². The number of hydrogen-bond acceptors (Lipinski definition) is 4. The van der Waals surface area contributed by atoms with Crippen LogP contribution in [0.1, 0.15) is 40.7 Å². The summed E-state index contributed by atoms with van der Waals surface area (Å²) < 4.78 is 3.09. The van der Waals surface area contributed by atoms with Crippen LogP contribution in [0.2, 0.25) is 0 Å². The summed E-state index contributed by atoms with van der Waals surface area (Å²) in [6.07, 6.45) is 6.77. The zero-order valence-corrected chi connectivity index (χ0v) is 17.4. The van der Waals surface area contributed by atoms with E-state index in [-0.39, 0.29) is 17.7 Å². The Hall–Kier alpha value is -2.47. The number of carbonyl (C=O) groups is 1. The normalized spacial score (nSPS) is 19.2. The number of fused-ring (bicyclic) bond motifs is 1. The topological polar surface area (TPSA) is 59.8 Å². The van der Waals surface area contributed by atoms with Crippen LogP contribution in [-0.2, 0) is 18.3 Å². The molecule has 0 saturated heterocycles. The minimum Gasteiger partial charge on any atom is -0.355 e. The first-order valence-electron chi connectivity index (χ1n) is 9.82. The van der Waals surface area contributed by atoms with Crippen molar-refractivity contribution in [2.75, 3.05) is 6.54 Å². The first kappa shape index (κ1) is 18.9. The number of aromatic nitrogens is 3. The summed E-state index contributed by atoms with van der Waals surface area (Å²) >= 11 is 1.72. The maximum Gasteiger partial charge on any atom is 0.224 e. The second kappa shape index (κ2) is 7.87. The SMILES string of the molecule is Cc1nn(C)c(C)c1CCNC(=O)C1CC=CCC1c1nc2ccccc2s1. The van der Waals surface area contributed by atoms with Gasteiger partial charge in [-0.3, -0.25) is 9.48 Å². The Morgan fingerprint density at radius 3 is 2.79 bits per heavy atom. The first-order chi connectivity index (χ1) is 13.5. The number of nitrogens with one attached hydrogen (secondary N) is 1. The minimum atomic E-state index is -0.0540. The molecule has 1 N–H and O–H groups in total. The molecule has 6 heteroatoms. The molecule has 0 spiro atoms. The highest BCUT2D eigenvalue weighted by Crippen LogP contribution is 2.38. The average molecular weight is 395 g/mol. The van der Waals surface area contributed by atoms with Crippen molar-refractivity contribution in [2.24, 2.45) is 13.0 Å². The van der Waals surface area contributed by atoms with Gasteiger partial charge in [0.2, 0.25) is 5.91 Å². The van der Waals surface area contributed by atoms with Crippen LogP contribution in [0, 0.1) is 19.8 Å². The summed E-state index contributed by atoms with van der Waals surface area (Å²) in [5.74, 6) is 0.235. The molecule has 28 heavy (non-hydrogen) atoms. The second-order valence-corrected chi connectivity index (χ2v) is 8.55. The molecule has 2 aromatic heterocycles. The van der Waals surface area contributed by atoms with Gasteiger partial charge < -0.3 is 5.32 Å². The van der Waals surface area contributed by atoms with Crippen LogP contribution >= 0.6 is 11.3 Å². The maximum absolute atomic E-state index is 13.0. The Morgan fingerprint density at radius 2 is 2.04 bits per heavy atom. The molecule has 1 amide bonds. The molecule has 2 heterocycles. The number of rotatable bonds is 5. The van der Waals surface area contributed by atoms with E-state index in [9.17, 15) is 4.79 Å². The van der Waals surface area contributed by atoms with Crippen molar-refractivity contribution in [1.29, 1.82) is 0 Å². The number of hydrogen-bond donors (Lipinski definition) is 1. The lowest BCUT2D eigenvalue weighted by molar-refractivity contribution is -0.125. The van der Waals surface area contributed by atoms with Crippen molar-refractivity contribution in [1.82, 2.24) is 20.1 Å². The fourth-order valence-electron chi connectivity index (χ4n) is 4.05. The van der Waals surface area contributed by atoms with E-state index >= 15 is 0 Å². The maximum atomic E-state index is 13.0. The number of para-hydroxylation sites is 1. The molecular formula is C22H26N4OS. The van der Waals surface area contributed by atoms with Gasteiger partial charge in [0.05, 0.1) is 26.8 Å². The van der Waals surface area contributed by atoms with Gasteiger partial charge in [0.25, 0.3) is 0 Å². The van der Waals surface area contributed by atoms with E-state index in [1.54, 1.807) is 11.3 Å². The van der Waals surface area contributed by atoms with E-state index in [2.05, 4.69) is 35.6 Å². The summed E-state index contributed by atoms with van der Waals surface area (Å²) in [7, 11) is 1.96. The van der Waals surface area contributed by atoms with Crippen LogP contribution in [0.15, 0.2) is 36.4 Å². The fourth-order valence-corrected chi connectivity index (χ4v) is 5.19. The molecule has 0 fully saturated rings. The van der Waals surface area contributed by atoms with E-state index in [4.69, 9.17) is 4.98 Å². The highest BCUT2D eigenvalue weighted by atomic mass is 32.1. The third-order valence-electron chi connectivity index (χ3n) is 5.73. The molecule has 2 unspecified atom stereocenters. The predicted molar refractivity (Wildman–Crippen MR) is 114 cm³/mol. The number of thiazole rings is 1. The molecule has 1 aliphatic carbocycles. The molecule has 3 aromatic rings. The summed E-state index contributed by atoms with van der Waals surface area (Å²) in [6, 6.07) is 8.20. The Bertz CT molecular complexity index is 1000. The molecule has 4 rings (SSSR count). The van der Waals surface area contributed by atoms with Crippen molar-refractivity contribution >= 4 is 27.5 Å². The molecule has 1 aromatic carbocycles. The van der Waals surface area contributed by atoms with Crippen LogP contribution in [0.4, 0.5) is 0 Å². The molecule has 0 aliphatic heterocycles. The number of benzene rings is 1. The molecule has 1 aliphatic rings. The number of aryl methyl sites for hydroxylation is 2. The van der Waals surface area contributed by atoms with Gasteiger partial charge in [-0.1, -0.05) is 24.3 Å². The van der Waals surface area contributed by atoms with Crippen molar-refractivity contribution in [3.8, 4) is 0 Å². The van der Waals surface area contributed by atoms with Crippen LogP contribution < -0.4 is 5.32 Å². The van der Waals surface area contributed by atoms with Crippen LogP contribution in [0.5, 0.6) is 0 Å². The van der Waals surface area contributed by atoms with Gasteiger partial charge in [-0.15, -0.1) is 11.3 Å². The van der Waals surface area contributed by atoms with Gasteiger partial charge in [-0.25, -0.2) is 4.98 Å². The summed E-state index contributed by atoms with van der Waals surface area (Å²) in [4.78, 5) is 17.8. The number of nitrogens with zero attached hydrogens (tertiary/aromatic N) is 3. The van der Waals surface area contributed by atoms with Gasteiger partial charge in [0, 0.05) is 25.2 Å². The van der Waals surface area contributed by atoms with Crippen LogP contribution in [0.3, 0.4) is 0 Å². The van der Waals surface area contributed by atoms with Crippen LogP contribution in [-0.4, -0.2) is 27.2 Å². The largest absolute Gasteiger partial charge is 0.355 e. The molecule has 0 bridgehead atoms. The molecule has 0 saturated carbocycles. The highest BCUT2D eigenvalue weighted by molar-refractivity contribution is 7.18. The summed E-state index contributed by atoms with van der Waals surface area (Å²) in [5, 5.41) is 8.70. The van der Waals surface area contributed by atoms with E-state index in [1.165, 1.54) is 16.0 Å². The smallest absolute Gasteiger partial charge is 0.224 e. The first-order valence-corrected chi connectivity index (χ1v) is 10.6. The van der Waals surface area contributed by atoms with E-state index in [0.717, 1.165) is 35.5 Å². The lowest BCUT2D eigenvalue weighted by Gasteiger charge is -2.26. The van der Waals surface area contributed by atoms with Crippen molar-refractivity contribution in [3.05, 3.63) is 58.4 Å². The van der Waals surface area contributed by atoms with Crippen LogP contribution in [0.25, 0.3) is 10.2 Å². The van der Waals surface area contributed by atoms with E-state index in [0.29, 0.717) is 6.54 Å².